The Morgan fingerprint density at radius 1 is 1.30 bits per heavy atom. The molecule has 0 unspecified atom stereocenters. The monoisotopic (exact) mass is 318 g/mol. The second kappa shape index (κ2) is 8.07. The quantitative estimate of drug-likeness (QED) is 0.818. The van der Waals surface area contributed by atoms with Crippen LogP contribution in [0.25, 0.3) is 0 Å². The number of benzene rings is 1. The molecule has 1 aromatic heterocycles. The van der Waals surface area contributed by atoms with Crippen LogP contribution < -0.4 is 20.1 Å². The van der Waals surface area contributed by atoms with Crippen molar-refractivity contribution in [1.82, 2.24) is 20.2 Å². The van der Waals surface area contributed by atoms with E-state index < -0.39 is 0 Å². The molecule has 1 atom stereocenters. The molecule has 0 radical (unpaired) electrons. The number of nitrogens with one attached hydrogen (secondary N) is 2. The van der Waals surface area contributed by atoms with Gasteiger partial charge in [-0.25, -0.2) is 9.78 Å². The van der Waals surface area contributed by atoms with Crippen LogP contribution in [0.3, 0.4) is 0 Å². The van der Waals surface area contributed by atoms with Crippen molar-refractivity contribution in [3.63, 3.8) is 0 Å². The van der Waals surface area contributed by atoms with Crippen molar-refractivity contribution in [2.24, 2.45) is 0 Å². The van der Waals surface area contributed by atoms with Gasteiger partial charge in [-0.2, -0.15) is 0 Å². The van der Waals surface area contributed by atoms with E-state index in [0.29, 0.717) is 24.6 Å². The maximum absolute atomic E-state index is 11.9. The van der Waals surface area contributed by atoms with Gasteiger partial charge in [0.15, 0.2) is 11.5 Å². The summed E-state index contributed by atoms with van der Waals surface area (Å²) in [4.78, 5) is 15.9. The lowest BCUT2D eigenvalue weighted by atomic mass is 10.1. The zero-order chi connectivity index (χ0) is 16.7. The molecule has 0 aliphatic carbocycles. The van der Waals surface area contributed by atoms with Crippen molar-refractivity contribution in [1.29, 1.82) is 0 Å². The van der Waals surface area contributed by atoms with Gasteiger partial charge in [-0.1, -0.05) is 6.07 Å². The first kappa shape index (κ1) is 16.7. The molecule has 0 saturated carbocycles. The molecule has 124 valence electrons. The van der Waals surface area contributed by atoms with Crippen LogP contribution >= 0.6 is 0 Å². The highest BCUT2D eigenvalue weighted by molar-refractivity contribution is 5.74. The largest absolute Gasteiger partial charge is 0.493 e. The molecular weight excluding hydrogens is 296 g/mol. The maximum atomic E-state index is 11.9. The Kier molecular flexibility index (Phi) is 5.85. The number of urea groups is 1. The lowest BCUT2D eigenvalue weighted by Crippen LogP contribution is -2.38. The third-order valence-electron chi connectivity index (χ3n) is 3.47. The fourth-order valence-corrected chi connectivity index (χ4v) is 2.17. The summed E-state index contributed by atoms with van der Waals surface area (Å²) in [5.74, 6) is 1.30. The standard InChI is InChI=1S/C16H22N4O3/c1-12(13-4-5-14(22-2)15(10-13)23-3)19-16(21)18-7-9-20-8-6-17-11-20/h4-6,8,10-12H,7,9H2,1-3H3,(H2,18,19,21)/t12-/m1/s1. The van der Waals surface area contributed by atoms with Crippen LogP contribution in [-0.4, -0.2) is 36.3 Å². The third-order valence-corrected chi connectivity index (χ3v) is 3.47. The smallest absolute Gasteiger partial charge is 0.315 e. The molecule has 7 nitrogen and oxygen atoms in total. The lowest BCUT2D eigenvalue weighted by Gasteiger charge is -2.17. The summed E-state index contributed by atoms with van der Waals surface area (Å²) in [6.07, 6.45) is 5.27. The van der Waals surface area contributed by atoms with E-state index in [1.54, 1.807) is 26.7 Å². The predicted octanol–water partition coefficient (Wildman–Crippen LogP) is 1.96. The van der Waals surface area contributed by atoms with Crippen molar-refractivity contribution < 1.29 is 14.3 Å². The number of rotatable bonds is 7. The van der Waals surface area contributed by atoms with Crippen LogP contribution in [0.4, 0.5) is 4.79 Å². The molecule has 0 saturated heterocycles. The molecule has 2 N–H and O–H groups in total. The number of ether oxygens (including phenoxy) is 2. The van der Waals surface area contributed by atoms with Crippen molar-refractivity contribution >= 4 is 6.03 Å². The van der Waals surface area contributed by atoms with Gasteiger partial charge in [0.05, 0.1) is 26.6 Å². The second-order valence-electron chi connectivity index (χ2n) is 5.04. The Balaban J connectivity index is 1.85. The van der Waals surface area contributed by atoms with Gasteiger partial charge >= 0.3 is 6.03 Å². The van der Waals surface area contributed by atoms with Crippen molar-refractivity contribution in [3.8, 4) is 11.5 Å². The summed E-state index contributed by atoms with van der Waals surface area (Å²) >= 11 is 0. The fourth-order valence-electron chi connectivity index (χ4n) is 2.17. The second-order valence-corrected chi connectivity index (χ2v) is 5.04. The summed E-state index contributed by atoms with van der Waals surface area (Å²) in [5.41, 5.74) is 0.937. The van der Waals surface area contributed by atoms with E-state index in [-0.39, 0.29) is 12.1 Å². The number of imidazole rings is 1. The van der Waals surface area contributed by atoms with Crippen molar-refractivity contribution in [2.75, 3.05) is 20.8 Å². The van der Waals surface area contributed by atoms with E-state index in [9.17, 15) is 4.79 Å². The SMILES string of the molecule is COc1ccc([C@@H](C)NC(=O)NCCn2ccnc2)cc1OC. The number of methoxy groups -OCH3 is 2. The Morgan fingerprint density at radius 2 is 2.09 bits per heavy atom. The predicted molar refractivity (Wildman–Crippen MR) is 86.7 cm³/mol. The van der Waals surface area contributed by atoms with Gasteiger partial charge in [-0.3, -0.25) is 0 Å². The molecule has 0 fully saturated rings. The first-order valence-electron chi connectivity index (χ1n) is 7.36. The number of hydrogen-bond donors (Lipinski definition) is 2. The summed E-state index contributed by atoms with van der Waals surface area (Å²) in [6, 6.07) is 5.21. The molecule has 2 aromatic rings. The molecule has 0 spiro atoms. The average molecular weight is 318 g/mol. The van der Waals surface area contributed by atoms with Crippen molar-refractivity contribution in [2.45, 2.75) is 19.5 Å². The number of nitrogens with zero attached hydrogens (tertiary/aromatic N) is 2. The van der Waals surface area contributed by atoms with Crippen LogP contribution in [-0.2, 0) is 6.54 Å². The molecule has 0 bridgehead atoms. The molecule has 2 amide bonds. The zero-order valence-corrected chi connectivity index (χ0v) is 13.6. The number of aromatic nitrogens is 2. The van der Waals surface area contributed by atoms with Gasteiger partial charge in [0.25, 0.3) is 0 Å². The third kappa shape index (κ3) is 4.64. The highest BCUT2D eigenvalue weighted by atomic mass is 16.5. The van der Waals surface area contributed by atoms with E-state index in [2.05, 4.69) is 15.6 Å². The summed E-state index contributed by atoms with van der Waals surface area (Å²) in [6.45, 7) is 3.12. The molecule has 23 heavy (non-hydrogen) atoms. The minimum Gasteiger partial charge on any atom is -0.493 e. The molecule has 7 heteroatoms. The number of carbonyl (C=O) groups excluding carboxylic acids is 1. The van der Waals surface area contributed by atoms with E-state index in [1.165, 1.54) is 0 Å². The fraction of sp³-hybridized carbons (Fsp3) is 0.375. The number of amides is 2. The summed E-state index contributed by atoms with van der Waals surface area (Å²) < 4.78 is 12.4. The molecule has 1 aromatic carbocycles. The van der Waals surface area contributed by atoms with Crippen LogP contribution in [0.5, 0.6) is 11.5 Å². The lowest BCUT2D eigenvalue weighted by molar-refractivity contribution is 0.237. The van der Waals surface area contributed by atoms with Gasteiger partial charge in [-0.05, 0) is 24.6 Å². The van der Waals surface area contributed by atoms with Gasteiger partial charge in [-0.15, -0.1) is 0 Å². The van der Waals surface area contributed by atoms with E-state index in [1.807, 2.05) is 35.9 Å². The molecule has 2 rings (SSSR count). The van der Waals surface area contributed by atoms with Crippen LogP contribution in [0.15, 0.2) is 36.9 Å². The van der Waals surface area contributed by atoms with Crippen LogP contribution in [0, 0.1) is 0 Å². The number of hydrogen-bond acceptors (Lipinski definition) is 4. The van der Waals surface area contributed by atoms with Gasteiger partial charge in [0.2, 0.25) is 0 Å². The Bertz CT molecular complexity index is 628. The first-order chi connectivity index (χ1) is 11.1. The van der Waals surface area contributed by atoms with Crippen LogP contribution in [0.2, 0.25) is 0 Å². The summed E-state index contributed by atoms with van der Waals surface area (Å²) in [5, 5.41) is 5.71. The Labute approximate surface area is 135 Å². The Morgan fingerprint density at radius 3 is 2.74 bits per heavy atom. The Hall–Kier alpha value is -2.70. The molecular formula is C16H22N4O3. The molecule has 0 aliphatic rings. The average Bonchev–Trinajstić information content (AvgIpc) is 3.07. The minimum absolute atomic E-state index is 0.150. The first-order valence-corrected chi connectivity index (χ1v) is 7.36. The maximum Gasteiger partial charge on any atom is 0.315 e. The number of carbonyl (C=O) groups is 1. The van der Waals surface area contributed by atoms with Crippen LogP contribution in [0.1, 0.15) is 18.5 Å². The van der Waals surface area contributed by atoms with Gasteiger partial charge in [0, 0.05) is 25.5 Å². The molecule has 1 heterocycles. The van der Waals surface area contributed by atoms with Gasteiger partial charge in [0.1, 0.15) is 0 Å². The highest BCUT2D eigenvalue weighted by Gasteiger charge is 2.12. The van der Waals surface area contributed by atoms with E-state index >= 15 is 0 Å². The zero-order valence-electron chi connectivity index (χ0n) is 13.6. The van der Waals surface area contributed by atoms with Gasteiger partial charge < -0.3 is 24.7 Å². The van der Waals surface area contributed by atoms with E-state index in [0.717, 1.165) is 5.56 Å². The summed E-state index contributed by atoms with van der Waals surface area (Å²) in [7, 11) is 3.18. The van der Waals surface area contributed by atoms with E-state index in [4.69, 9.17) is 9.47 Å². The molecule has 0 aliphatic heterocycles. The minimum atomic E-state index is -0.215. The highest BCUT2D eigenvalue weighted by Crippen LogP contribution is 2.29. The topological polar surface area (TPSA) is 77.4 Å². The normalized spacial score (nSPS) is 11.6. The van der Waals surface area contributed by atoms with Crippen molar-refractivity contribution in [3.05, 3.63) is 42.5 Å².